The summed E-state index contributed by atoms with van der Waals surface area (Å²) in [6.45, 7) is -0.407. The molecule has 0 aliphatic carbocycles. The minimum atomic E-state index is -0.564. The standard InChI is InChI=1S/C29H21FN2O4S/c30-24-13-7-5-9-20(24)18-36-25-15-14-19-8-4-6-12-22(19)23(25)16-26-28(34)32(29(35)37-26)17-27(33)31-21-10-2-1-3-11-21/h1-16H,17-18H2,(H,31,33)/b26-16-. The summed E-state index contributed by atoms with van der Waals surface area (Å²) in [6, 6.07) is 26.3. The van der Waals surface area contributed by atoms with Crippen molar-refractivity contribution in [1.82, 2.24) is 4.90 Å². The van der Waals surface area contributed by atoms with Crippen molar-refractivity contribution in [3.05, 3.63) is 113 Å². The van der Waals surface area contributed by atoms with Crippen LogP contribution < -0.4 is 10.1 Å². The third-order valence-corrected chi connectivity index (χ3v) is 6.69. The van der Waals surface area contributed by atoms with Crippen molar-refractivity contribution in [3.8, 4) is 5.75 Å². The Bertz CT molecular complexity index is 1540. The number of thioether (sulfide) groups is 1. The van der Waals surface area contributed by atoms with Gasteiger partial charge in [-0.25, -0.2) is 4.39 Å². The summed E-state index contributed by atoms with van der Waals surface area (Å²) in [5, 5.41) is 3.86. The number of rotatable bonds is 7. The second-order valence-corrected chi connectivity index (χ2v) is 9.25. The molecule has 1 heterocycles. The number of hydrogen-bond donors (Lipinski definition) is 1. The third-order valence-electron chi connectivity index (χ3n) is 5.78. The van der Waals surface area contributed by atoms with Crippen molar-refractivity contribution < 1.29 is 23.5 Å². The van der Waals surface area contributed by atoms with Crippen molar-refractivity contribution in [1.29, 1.82) is 0 Å². The van der Waals surface area contributed by atoms with Crippen LogP contribution >= 0.6 is 11.8 Å². The van der Waals surface area contributed by atoms with E-state index in [-0.39, 0.29) is 17.3 Å². The molecule has 1 fully saturated rings. The van der Waals surface area contributed by atoms with Gasteiger partial charge in [-0.1, -0.05) is 66.7 Å². The average Bonchev–Trinajstić information content (AvgIpc) is 3.17. The highest BCUT2D eigenvalue weighted by Gasteiger charge is 2.36. The van der Waals surface area contributed by atoms with E-state index in [0.29, 0.717) is 22.6 Å². The topological polar surface area (TPSA) is 75.7 Å². The lowest BCUT2D eigenvalue weighted by Gasteiger charge is -2.14. The van der Waals surface area contributed by atoms with E-state index in [0.717, 1.165) is 27.4 Å². The Balaban J connectivity index is 1.42. The number of fused-ring (bicyclic) bond motifs is 1. The van der Waals surface area contributed by atoms with E-state index >= 15 is 0 Å². The highest BCUT2D eigenvalue weighted by Crippen LogP contribution is 2.37. The van der Waals surface area contributed by atoms with E-state index in [1.807, 2.05) is 36.4 Å². The molecule has 1 aliphatic rings. The molecule has 4 aromatic carbocycles. The van der Waals surface area contributed by atoms with Crippen LogP contribution in [0, 0.1) is 5.82 Å². The van der Waals surface area contributed by atoms with Crippen molar-refractivity contribution >= 4 is 51.4 Å². The highest BCUT2D eigenvalue weighted by atomic mass is 32.2. The second-order valence-electron chi connectivity index (χ2n) is 8.26. The van der Waals surface area contributed by atoms with Crippen LogP contribution in [0.15, 0.2) is 95.9 Å². The first-order valence-corrected chi connectivity index (χ1v) is 12.3. The van der Waals surface area contributed by atoms with E-state index in [2.05, 4.69) is 5.32 Å². The van der Waals surface area contributed by atoms with Gasteiger partial charge in [0, 0.05) is 16.8 Å². The molecule has 1 aliphatic heterocycles. The number of imide groups is 1. The first-order chi connectivity index (χ1) is 18.0. The maximum absolute atomic E-state index is 14.1. The van der Waals surface area contributed by atoms with Crippen molar-refractivity contribution in [2.45, 2.75) is 6.61 Å². The summed E-state index contributed by atoms with van der Waals surface area (Å²) in [4.78, 5) is 39.3. The number of hydrogen-bond acceptors (Lipinski definition) is 5. The lowest BCUT2D eigenvalue weighted by atomic mass is 10.0. The molecule has 0 saturated carbocycles. The van der Waals surface area contributed by atoms with Gasteiger partial charge in [0.15, 0.2) is 0 Å². The van der Waals surface area contributed by atoms with E-state index in [9.17, 15) is 18.8 Å². The lowest BCUT2D eigenvalue weighted by molar-refractivity contribution is -0.127. The van der Waals surface area contributed by atoms with Gasteiger partial charge in [-0.2, -0.15) is 0 Å². The van der Waals surface area contributed by atoms with Gasteiger partial charge in [-0.3, -0.25) is 19.3 Å². The van der Waals surface area contributed by atoms with Crippen LogP contribution in [0.5, 0.6) is 5.75 Å². The Morgan fingerprint density at radius 2 is 1.65 bits per heavy atom. The minimum Gasteiger partial charge on any atom is -0.488 e. The number of ether oxygens (including phenoxy) is 1. The zero-order valence-electron chi connectivity index (χ0n) is 19.5. The van der Waals surface area contributed by atoms with Gasteiger partial charge in [0.1, 0.15) is 24.7 Å². The summed E-state index contributed by atoms with van der Waals surface area (Å²) < 4.78 is 20.1. The fourth-order valence-electron chi connectivity index (χ4n) is 3.95. The average molecular weight is 513 g/mol. The monoisotopic (exact) mass is 512 g/mol. The van der Waals surface area contributed by atoms with Crippen LogP contribution in [0.3, 0.4) is 0 Å². The molecule has 0 bridgehead atoms. The van der Waals surface area contributed by atoms with Crippen molar-refractivity contribution in [2.24, 2.45) is 0 Å². The normalized spacial score (nSPS) is 14.4. The molecule has 8 heteroatoms. The Morgan fingerprint density at radius 1 is 0.919 bits per heavy atom. The minimum absolute atomic E-state index is 0.00696. The number of para-hydroxylation sites is 1. The zero-order valence-corrected chi connectivity index (χ0v) is 20.3. The van der Waals surface area contributed by atoms with E-state index in [4.69, 9.17) is 4.74 Å². The van der Waals surface area contributed by atoms with E-state index in [1.165, 1.54) is 6.07 Å². The number of amides is 3. The van der Waals surface area contributed by atoms with Crippen molar-refractivity contribution in [3.63, 3.8) is 0 Å². The smallest absolute Gasteiger partial charge is 0.294 e. The largest absolute Gasteiger partial charge is 0.488 e. The molecule has 37 heavy (non-hydrogen) atoms. The first kappa shape index (κ1) is 24.3. The molecule has 5 rings (SSSR count). The maximum atomic E-state index is 14.1. The summed E-state index contributed by atoms with van der Waals surface area (Å²) in [6.07, 6.45) is 1.60. The molecular weight excluding hydrogens is 491 g/mol. The van der Waals surface area contributed by atoms with E-state index in [1.54, 1.807) is 54.6 Å². The number of nitrogens with zero attached hydrogens (tertiary/aromatic N) is 1. The summed E-state index contributed by atoms with van der Waals surface area (Å²) in [5.74, 6) is -0.977. The Hall–Kier alpha value is -4.43. The van der Waals surface area contributed by atoms with Gasteiger partial charge in [-0.05, 0) is 52.9 Å². The number of carbonyl (C=O) groups excluding carboxylic acids is 3. The molecule has 1 N–H and O–H groups in total. The maximum Gasteiger partial charge on any atom is 0.294 e. The van der Waals surface area contributed by atoms with Crippen molar-refractivity contribution in [2.75, 3.05) is 11.9 Å². The number of nitrogens with one attached hydrogen (secondary N) is 1. The zero-order chi connectivity index (χ0) is 25.8. The molecule has 184 valence electrons. The fourth-order valence-corrected chi connectivity index (χ4v) is 4.77. The molecule has 4 aromatic rings. The van der Waals surface area contributed by atoms with Crippen LogP contribution in [0.25, 0.3) is 16.8 Å². The lowest BCUT2D eigenvalue weighted by Crippen LogP contribution is -2.36. The number of benzene rings is 4. The van der Waals surface area contributed by atoms with Crippen LogP contribution in [-0.4, -0.2) is 28.5 Å². The number of anilines is 1. The summed E-state index contributed by atoms with van der Waals surface area (Å²) >= 11 is 0.762. The molecule has 3 amide bonds. The number of halogens is 1. The van der Waals surface area contributed by atoms with Crippen LogP contribution in [-0.2, 0) is 16.2 Å². The van der Waals surface area contributed by atoms with Gasteiger partial charge in [0.25, 0.3) is 11.1 Å². The molecular formula is C29H21FN2O4S. The molecule has 0 unspecified atom stereocenters. The Labute approximate surface area is 216 Å². The van der Waals surface area contributed by atoms with Gasteiger partial charge in [0.05, 0.1) is 4.91 Å². The predicted molar refractivity (Wildman–Crippen MR) is 142 cm³/mol. The summed E-state index contributed by atoms with van der Waals surface area (Å²) in [5.41, 5.74) is 1.56. The SMILES string of the molecule is O=C(CN1C(=O)S/C(=C\c2c(OCc3ccccc3F)ccc3ccccc23)C1=O)Nc1ccccc1. The van der Waals surface area contributed by atoms with Gasteiger partial charge in [0.2, 0.25) is 5.91 Å². The van der Waals surface area contributed by atoms with Crippen LogP contribution in [0.2, 0.25) is 0 Å². The molecule has 1 saturated heterocycles. The molecule has 0 spiro atoms. The van der Waals surface area contributed by atoms with Crippen LogP contribution in [0.1, 0.15) is 11.1 Å². The Kier molecular flexibility index (Phi) is 7.00. The predicted octanol–water partition coefficient (Wildman–Crippen LogP) is 6.23. The summed E-state index contributed by atoms with van der Waals surface area (Å²) in [7, 11) is 0. The first-order valence-electron chi connectivity index (χ1n) is 11.5. The number of carbonyl (C=O) groups is 3. The molecule has 6 nitrogen and oxygen atoms in total. The second kappa shape index (κ2) is 10.7. The quantitative estimate of drug-likeness (QED) is 0.297. The Morgan fingerprint density at radius 3 is 2.46 bits per heavy atom. The molecule has 0 aromatic heterocycles. The molecule has 0 radical (unpaired) electrons. The van der Waals surface area contributed by atoms with Gasteiger partial charge in [-0.15, -0.1) is 0 Å². The highest BCUT2D eigenvalue weighted by molar-refractivity contribution is 8.18. The van der Waals surface area contributed by atoms with Gasteiger partial charge < -0.3 is 10.1 Å². The molecule has 0 atom stereocenters. The van der Waals surface area contributed by atoms with Crippen LogP contribution in [0.4, 0.5) is 14.9 Å². The fraction of sp³-hybridized carbons (Fsp3) is 0.0690. The third kappa shape index (κ3) is 5.39. The van der Waals surface area contributed by atoms with E-state index < -0.39 is 23.6 Å². The van der Waals surface area contributed by atoms with Gasteiger partial charge >= 0.3 is 0 Å².